The molecule has 0 spiro atoms. The van der Waals surface area contributed by atoms with Gasteiger partial charge in [0.15, 0.2) is 11.5 Å². The Morgan fingerprint density at radius 2 is 1.57 bits per heavy atom. The summed E-state index contributed by atoms with van der Waals surface area (Å²) in [7, 11) is 1.62. The lowest BCUT2D eigenvalue weighted by Gasteiger charge is -2.14. The zero-order valence-electron chi connectivity index (χ0n) is 14.3. The van der Waals surface area contributed by atoms with Crippen LogP contribution in [-0.4, -0.2) is 20.3 Å². The molecule has 0 unspecified atom stereocenters. The largest absolute Gasteiger partial charge is 0.493 e. The Kier molecular flexibility index (Phi) is 5.88. The monoisotopic (exact) mass is 315 g/mol. The Morgan fingerprint density at radius 1 is 0.870 bits per heavy atom. The van der Waals surface area contributed by atoms with Crippen molar-refractivity contribution in [2.24, 2.45) is 5.73 Å². The van der Waals surface area contributed by atoms with Crippen molar-refractivity contribution < 1.29 is 14.2 Å². The summed E-state index contributed by atoms with van der Waals surface area (Å²) in [6, 6.07) is 9.91. The van der Waals surface area contributed by atoms with E-state index in [1.807, 2.05) is 18.2 Å². The van der Waals surface area contributed by atoms with Gasteiger partial charge in [-0.05, 0) is 61.2 Å². The molecule has 2 rings (SSSR count). The number of rotatable bonds is 7. The maximum absolute atomic E-state index is 5.86. The van der Waals surface area contributed by atoms with E-state index in [2.05, 4.69) is 32.9 Å². The number of hydrogen-bond donors (Lipinski definition) is 1. The van der Waals surface area contributed by atoms with E-state index in [0.29, 0.717) is 31.3 Å². The first-order valence-electron chi connectivity index (χ1n) is 7.75. The fourth-order valence-corrected chi connectivity index (χ4v) is 2.41. The fraction of sp³-hybridized carbons (Fsp3) is 0.368. The highest BCUT2D eigenvalue weighted by atomic mass is 16.5. The molecule has 0 radical (unpaired) electrons. The molecule has 0 atom stereocenters. The minimum atomic E-state index is 0.441. The molecule has 4 nitrogen and oxygen atoms in total. The molecule has 0 heterocycles. The van der Waals surface area contributed by atoms with Gasteiger partial charge in [-0.3, -0.25) is 0 Å². The summed E-state index contributed by atoms with van der Waals surface area (Å²) in [6.45, 7) is 7.61. The lowest BCUT2D eigenvalue weighted by molar-refractivity contribution is 0.210. The van der Waals surface area contributed by atoms with Crippen LogP contribution in [0.3, 0.4) is 0 Å². The molecule has 0 fully saturated rings. The Balaban J connectivity index is 1.96. The molecule has 0 bridgehead atoms. The van der Waals surface area contributed by atoms with Crippen molar-refractivity contribution in [1.29, 1.82) is 0 Å². The van der Waals surface area contributed by atoms with Crippen LogP contribution in [-0.2, 0) is 6.54 Å². The SMILES string of the molecule is COc1ccc(CN)cc1OCCOc1cc(C)cc(C)c1C. The van der Waals surface area contributed by atoms with E-state index in [1.165, 1.54) is 16.7 Å². The fourth-order valence-electron chi connectivity index (χ4n) is 2.41. The summed E-state index contributed by atoms with van der Waals surface area (Å²) in [5, 5.41) is 0. The Morgan fingerprint density at radius 3 is 2.22 bits per heavy atom. The second-order valence-corrected chi connectivity index (χ2v) is 5.59. The average Bonchev–Trinajstić information content (AvgIpc) is 2.55. The van der Waals surface area contributed by atoms with Gasteiger partial charge >= 0.3 is 0 Å². The second kappa shape index (κ2) is 7.88. The number of aryl methyl sites for hydroxylation is 2. The number of ether oxygens (including phenoxy) is 3. The van der Waals surface area contributed by atoms with E-state index in [4.69, 9.17) is 19.9 Å². The summed E-state index contributed by atoms with van der Waals surface area (Å²) < 4.78 is 17.0. The minimum Gasteiger partial charge on any atom is -0.493 e. The van der Waals surface area contributed by atoms with E-state index in [9.17, 15) is 0 Å². The molecule has 4 heteroatoms. The van der Waals surface area contributed by atoms with Crippen molar-refractivity contribution >= 4 is 0 Å². The van der Waals surface area contributed by atoms with Crippen molar-refractivity contribution in [1.82, 2.24) is 0 Å². The highest BCUT2D eigenvalue weighted by molar-refractivity contribution is 5.43. The topological polar surface area (TPSA) is 53.7 Å². The lowest BCUT2D eigenvalue weighted by atomic mass is 10.1. The van der Waals surface area contributed by atoms with E-state index in [0.717, 1.165) is 11.3 Å². The first-order valence-corrected chi connectivity index (χ1v) is 7.75. The number of nitrogens with two attached hydrogens (primary N) is 1. The maximum Gasteiger partial charge on any atom is 0.161 e. The zero-order valence-corrected chi connectivity index (χ0v) is 14.3. The normalized spacial score (nSPS) is 10.5. The molecule has 0 saturated carbocycles. The van der Waals surface area contributed by atoms with Gasteiger partial charge < -0.3 is 19.9 Å². The Hall–Kier alpha value is -2.20. The van der Waals surface area contributed by atoms with Gasteiger partial charge in [0.25, 0.3) is 0 Å². The van der Waals surface area contributed by atoms with Gasteiger partial charge in [0, 0.05) is 6.54 Å². The van der Waals surface area contributed by atoms with Crippen LogP contribution in [0.5, 0.6) is 17.2 Å². The molecule has 0 aromatic heterocycles. The summed E-state index contributed by atoms with van der Waals surface area (Å²) >= 11 is 0. The standard InChI is InChI=1S/C19H25NO3/c1-13-9-14(2)15(3)18(10-13)22-7-8-23-19-11-16(12-20)5-6-17(19)21-4/h5-6,9-11H,7-8,12,20H2,1-4H3. The summed E-state index contributed by atoms with van der Waals surface area (Å²) in [6.07, 6.45) is 0. The van der Waals surface area contributed by atoms with Gasteiger partial charge in [-0.25, -0.2) is 0 Å². The van der Waals surface area contributed by atoms with Crippen molar-refractivity contribution in [3.05, 3.63) is 52.6 Å². The van der Waals surface area contributed by atoms with Gasteiger partial charge in [0.2, 0.25) is 0 Å². The van der Waals surface area contributed by atoms with Crippen molar-refractivity contribution in [3.8, 4) is 17.2 Å². The molecule has 0 amide bonds. The maximum atomic E-state index is 5.86. The molecular weight excluding hydrogens is 290 g/mol. The van der Waals surface area contributed by atoms with E-state index < -0.39 is 0 Å². The summed E-state index contributed by atoms with van der Waals surface area (Å²) in [4.78, 5) is 0. The molecule has 0 saturated heterocycles. The third-order valence-electron chi connectivity index (χ3n) is 3.83. The Bertz CT molecular complexity index is 668. The molecule has 0 aliphatic carbocycles. The van der Waals surface area contributed by atoms with E-state index in [1.54, 1.807) is 7.11 Å². The molecular formula is C19H25NO3. The zero-order chi connectivity index (χ0) is 16.8. The van der Waals surface area contributed by atoms with Crippen LogP contribution >= 0.6 is 0 Å². The second-order valence-electron chi connectivity index (χ2n) is 5.59. The summed E-state index contributed by atoms with van der Waals surface area (Å²) in [5.74, 6) is 2.30. The summed E-state index contributed by atoms with van der Waals surface area (Å²) in [5.41, 5.74) is 10.3. The molecule has 0 aliphatic rings. The first kappa shape index (κ1) is 17.2. The van der Waals surface area contributed by atoms with Crippen molar-refractivity contribution in [2.75, 3.05) is 20.3 Å². The van der Waals surface area contributed by atoms with Crippen LogP contribution in [0, 0.1) is 20.8 Å². The highest BCUT2D eigenvalue weighted by Gasteiger charge is 2.07. The smallest absolute Gasteiger partial charge is 0.161 e. The van der Waals surface area contributed by atoms with Crippen LogP contribution in [0.2, 0.25) is 0 Å². The number of hydrogen-bond acceptors (Lipinski definition) is 4. The third kappa shape index (κ3) is 4.39. The van der Waals surface area contributed by atoms with Crippen LogP contribution in [0.15, 0.2) is 30.3 Å². The van der Waals surface area contributed by atoms with Crippen LogP contribution < -0.4 is 19.9 Å². The van der Waals surface area contributed by atoms with Crippen LogP contribution in [0.25, 0.3) is 0 Å². The lowest BCUT2D eigenvalue weighted by Crippen LogP contribution is -2.11. The predicted molar refractivity (Wildman–Crippen MR) is 92.5 cm³/mol. The minimum absolute atomic E-state index is 0.441. The molecule has 2 aromatic carbocycles. The van der Waals surface area contributed by atoms with E-state index >= 15 is 0 Å². The van der Waals surface area contributed by atoms with Gasteiger partial charge in [-0.1, -0.05) is 12.1 Å². The van der Waals surface area contributed by atoms with Crippen molar-refractivity contribution in [3.63, 3.8) is 0 Å². The first-order chi connectivity index (χ1) is 11.0. The molecule has 0 aliphatic heterocycles. The molecule has 2 aromatic rings. The Labute approximate surface area is 138 Å². The van der Waals surface area contributed by atoms with Crippen LogP contribution in [0.1, 0.15) is 22.3 Å². The van der Waals surface area contributed by atoms with Gasteiger partial charge in [0.05, 0.1) is 7.11 Å². The van der Waals surface area contributed by atoms with Gasteiger partial charge in [0.1, 0.15) is 19.0 Å². The van der Waals surface area contributed by atoms with Gasteiger partial charge in [-0.15, -0.1) is 0 Å². The molecule has 23 heavy (non-hydrogen) atoms. The highest BCUT2D eigenvalue weighted by Crippen LogP contribution is 2.28. The average molecular weight is 315 g/mol. The van der Waals surface area contributed by atoms with Crippen LogP contribution in [0.4, 0.5) is 0 Å². The third-order valence-corrected chi connectivity index (χ3v) is 3.83. The van der Waals surface area contributed by atoms with Crippen molar-refractivity contribution in [2.45, 2.75) is 27.3 Å². The predicted octanol–water partition coefficient (Wildman–Crippen LogP) is 3.54. The van der Waals surface area contributed by atoms with E-state index in [-0.39, 0.29) is 0 Å². The quantitative estimate of drug-likeness (QED) is 0.794. The molecule has 124 valence electrons. The van der Waals surface area contributed by atoms with Gasteiger partial charge in [-0.2, -0.15) is 0 Å². The number of methoxy groups -OCH3 is 1. The number of benzene rings is 2. The molecule has 2 N–H and O–H groups in total.